The molecule has 0 unspecified atom stereocenters. The van der Waals surface area contributed by atoms with Gasteiger partial charge in [0.05, 0.1) is 6.54 Å². The first-order valence-electron chi connectivity index (χ1n) is 8.21. The van der Waals surface area contributed by atoms with Crippen LogP contribution in [0, 0.1) is 6.92 Å². The fourth-order valence-electron chi connectivity index (χ4n) is 2.73. The van der Waals surface area contributed by atoms with Gasteiger partial charge < -0.3 is 10.6 Å². The minimum atomic E-state index is 0.287. The van der Waals surface area contributed by atoms with E-state index in [1.54, 1.807) is 11.3 Å². The average molecular weight is 328 g/mol. The van der Waals surface area contributed by atoms with Crippen molar-refractivity contribution in [2.45, 2.75) is 38.6 Å². The van der Waals surface area contributed by atoms with E-state index in [-0.39, 0.29) is 5.41 Å². The molecule has 2 N–H and O–H groups in total. The van der Waals surface area contributed by atoms with Gasteiger partial charge in [-0.15, -0.1) is 11.3 Å². The van der Waals surface area contributed by atoms with Crippen molar-refractivity contribution in [3.05, 3.63) is 52.0 Å². The molecule has 1 saturated carbocycles. The van der Waals surface area contributed by atoms with Gasteiger partial charge in [-0.05, 0) is 32.3 Å². The highest BCUT2D eigenvalue weighted by atomic mass is 32.1. The second kappa shape index (κ2) is 7.13. The number of guanidine groups is 1. The number of hydrogen-bond acceptors (Lipinski definition) is 3. The molecule has 5 heteroatoms. The molecular formula is C18H24N4S. The second-order valence-electron chi connectivity index (χ2n) is 6.06. The maximum atomic E-state index is 4.66. The van der Waals surface area contributed by atoms with Gasteiger partial charge in [-0.25, -0.2) is 9.98 Å². The Labute approximate surface area is 142 Å². The number of thiazole rings is 1. The quantitative estimate of drug-likeness (QED) is 0.632. The lowest BCUT2D eigenvalue weighted by Gasteiger charge is -2.19. The molecular weight excluding hydrogens is 304 g/mol. The van der Waals surface area contributed by atoms with Crippen LogP contribution in [0.1, 0.15) is 35.2 Å². The first kappa shape index (κ1) is 16.0. The van der Waals surface area contributed by atoms with Crippen LogP contribution in [0.5, 0.6) is 0 Å². The Morgan fingerprint density at radius 3 is 2.65 bits per heavy atom. The van der Waals surface area contributed by atoms with Crippen molar-refractivity contribution in [2.75, 3.05) is 13.1 Å². The van der Waals surface area contributed by atoms with Crippen LogP contribution in [-0.2, 0) is 12.0 Å². The molecule has 0 spiro atoms. The van der Waals surface area contributed by atoms with Crippen molar-refractivity contribution < 1.29 is 0 Å². The van der Waals surface area contributed by atoms with Crippen LogP contribution < -0.4 is 10.6 Å². The predicted octanol–water partition coefficient (Wildman–Crippen LogP) is 3.24. The number of aryl methyl sites for hydroxylation is 1. The van der Waals surface area contributed by atoms with Gasteiger partial charge >= 0.3 is 0 Å². The topological polar surface area (TPSA) is 49.3 Å². The molecule has 122 valence electrons. The SMILES string of the molecule is CCNC(=NCc1ncc(C)s1)NCC1(c2ccccc2)CC1. The van der Waals surface area contributed by atoms with E-state index in [4.69, 9.17) is 0 Å². The lowest BCUT2D eigenvalue weighted by Crippen LogP contribution is -2.41. The van der Waals surface area contributed by atoms with E-state index in [0.29, 0.717) is 6.54 Å². The number of aliphatic imine (C=N–C) groups is 1. The van der Waals surface area contributed by atoms with E-state index in [1.165, 1.54) is 23.3 Å². The van der Waals surface area contributed by atoms with Gasteiger partial charge in [-0.3, -0.25) is 0 Å². The zero-order valence-corrected chi connectivity index (χ0v) is 14.6. The number of aromatic nitrogens is 1. The van der Waals surface area contributed by atoms with Gasteiger partial charge in [-0.1, -0.05) is 30.3 Å². The van der Waals surface area contributed by atoms with Crippen molar-refractivity contribution in [1.82, 2.24) is 15.6 Å². The molecule has 0 atom stereocenters. The molecule has 0 amide bonds. The van der Waals surface area contributed by atoms with Crippen molar-refractivity contribution in [2.24, 2.45) is 4.99 Å². The molecule has 1 aromatic heterocycles. The van der Waals surface area contributed by atoms with Crippen LogP contribution in [0.2, 0.25) is 0 Å². The van der Waals surface area contributed by atoms with E-state index in [9.17, 15) is 0 Å². The minimum Gasteiger partial charge on any atom is -0.357 e. The molecule has 0 aliphatic heterocycles. The van der Waals surface area contributed by atoms with Crippen molar-refractivity contribution in [3.63, 3.8) is 0 Å². The summed E-state index contributed by atoms with van der Waals surface area (Å²) in [4.78, 5) is 10.3. The Balaban J connectivity index is 1.61. The molecule has 0 saturated heterocycles. The summed E-state index contributed by atoms with van der Waals surface area (Å²) in [7, 11) is 0. The van der Waals surface area contributed by atoms with Gasteiger partial charge in [0.15, 0.2) is 5.96 Å². The van der Waals surface area contributed by atoms with Gasteiger partial charge in [-0.2, -0.15) is 0 Å². The lowest BCUT2D eigenvalue weighted by molar-refractivity contribution is 0.646. The largest absolute Gasteiger partial charge is 0.357 e. The molecule has 3 rings (SSSR count). The zero-order chi connectivity index (χ0) is 16.1. The fraction of sp³-hybridized carbons (Fsp3) is 0.444. The Morgan fingerprint density at radius 1 is 1.26 bits per heavy atom. The minimum absolute atomic E-state index is 0.287. The van der Waals surface area contributed by atoms with Crippen molar-refractivity contribution >= 4 is 17.3 Å². The van der Waals surface area contributed by atoms with E-state index in [1.807, 2.05) is 6.20 Å². The summed E-state index contributed by atoms with van der Waals surface area (Å²) < 4.78 is 0. The van der Waals surface area contributed by atoms with E-state index in [2.05, 4.69) is 64.8 Å². The third-order valence-electron chi connectivity index (χ3n) is 4.22. The summed E-state index contributed by atoms with van der Waals surface area (Å²) in [6.07, 6.45) is 4.40. The van der Waals surface area contributed by atoms with Crippen molar-refractivity contribution in [1.29, 1.82) is 0 Å². The maximum absolute atomic E-state index is 4.66. The van der Waals surface area contributed by atoms with Crippen LogP contribution in [0.15, 0.2) is 41.5 Å². The summed E-state index contributed by atoms with van der Waals surface area (Å²) in [5.74, 6) is 0.877. The van der Waals surface area contributed by atoms with E-state index >= 15 is 0 Å². The number of benzene rings is 1. The summed E-state index contributed by atoms with van der Waals surface area (Å²) in [5, 5.41) is 7.90. The number of nitrogens with zero attached hydrogens (tertiary/aromatic N) is 2. The second-order valence-corrected chi connectivity index (χ2v) is 7.38. The predicted molar refractivity (Wildman–Crippen MR) is 97.0 cm³/mol. The van der Waals surface area contributed by atoms with Crippen LogP contribution in [0.4, 0.5) is 0 Å². The molecule has 0 bridgehead atoms. The van der Waals surface area contributed by atoms with Crippen molar-refractivity contribution in [3.8, 4) is 0 Å². The molecule has 1 aliphatic carbocycles. The molecule has 4 nitrogen and oxygen atoms in total. The molecule has 23 heavy (non-hydrogen) atoms. The lowest BCUT2D eigenvalue weighted by atomic mass is 9.96. The van der Waals surface area contributed by atoms with Gasteiger partial charge in [0.2, 0.25) is 0 Å². The van der Waals surface area contributed by atoms with Crippen LogP contribution in [-0.4, -0.2) is 24.0 Å². The smallest absolute Gasteiger partial charge is 0.191 e. The number of hydrogen-bond donors (Lipinski definition) is 2. The van der Waals surface area contributed by atoms with Gasteiger partial charge in [0, 0.05) is 29.6 Å². The zero-order valence-electron chi connectivity index (χ0n) is 13.8. The summed E-state index contributed by atoms with van der Waals surface area (Å²) in [6.45, 7) is 6.59. The standard InChI is InChI=1S/C18H24N4S/c1-3-19-17(21-12-16-20-11-14(2)23-16)22-13-18(9-10-18)15-7-5-4-6-8-15/h4-8,11H,3,9-10,12-13H2,1-2H3,(H2,19,21,22). The van der Waals surface area contributed by atoms with Crippen LogP contribution in [0.3, 0.4) is 0 Å². The molecule has 2 aromatic rings. The fourth-order valence-corrected chi connectivity index (χ4v) is 3.44. The van der Waals surface area contributed by atoms with E-state index < -0.39 is 0 Å². The first-order chi connectivity index (χ1) is 11.2. The number of rotatable bonds is 6. The Bertz CT molecular complexity index is 659. The monoisotopic (exact) mass is 328 g/mol. The maximum Gasteiger partial charge on any atom is 0.191 e. The Hall–Kier alpha value is -1.88. The first-order valence-corrected chi connectivity index (χ1v) is 9.02. The summed E-state index contributed by atoms with van der Waals surface area (Å²) in [6, 6.07) is 10.8. The highest BCUT2D eigenvalue weighted by Gasteiger charge is 2.43. The molecule has 1 aliphatic rings. The number of nitrogens with one attached hydrogen (secondary N) is 2. The Kier molecular flexibility index (Phi) is 4.96. The Morgan fingerprint density at radius 2 is 2.04 bits per heavy atom. The molecule has 1 heterocycles. The third-order valence-corrected chi connectivity index (χ3v) is 5.12. The summed E-state index contributed by atoms with van der Waals surface area (Å²) in [5.41, 5.74) is 1.72. The van der Waals surface area contributed by atoms with Gasteiger partial charge in [0.25, 0.3) is 0 Å². The van der Waals surface area contributed by atoms with Crippen LogP contribution >= 0.6 is 11.3 Å². The molecule has 0 radical (unpaired) electrons. The third kappa shape index (κ3) is 4.10. The molecule has 1 aromatic carbocycles. The summed E-state index contributed by atoms with van der Waals surface area (Å²) >= 11 is 1.71. The highest BCUT2D eigenvalue weighted by molar-refractivity contribution is 7.11. The molecule has 1 fully saturated rings. The average Bonchev–Trinajstić information content (AvgIpc) is 3.26. The van der Waals surface area contributed by atoms with Gasteiger partial charge in [0.1, 0.15) is 5.01 Å². The van der Waals surface area contributed by atoms with E-state index in [0.717, 1.165) is 24.1 Å². The normalized spacial score (nSPS) is 16.2. The van der Waals surface area contributed by atoms with Crippen LogP contribution in [0.25, 0.3) is 0 Å². The highest BCUT2D eigenvalue weighted by Crippen LogP contribution is 2.47.